The van der Waals surface area contributed by atoms with Crippen LogP contribution in [0.15, 0.2) is 29.3 Å². The van der Waals surface area contributed by atoms with E-state index in [1.807, 2.05) is 26.8 Å². The summed E-state index contributed by atoms with van der Waals surface area (Å²) >= 11 is 0. The number of halogens is 2. The van der Waals surface area contributed by atoms with Crippen molar-refractivity contribution in [2.24, 2.45) is 4.99 Å². The second-order valence-electron chi connectivity index (χ2n) is 5.11. The number of hydrogen-bond donors (Lipinski definition) is 3. The van der Waals surface area contributed by atoms with Gasteiger partial charge in [0.05, 0.1) is 12.1 Å². The minimum Gasteiger partial charge on any atom is -0.388 e. The Balaban J connectivity index is 0.00000441. The van der Waals surface area contributed by atoms with Gasteiger partial charge in [0.25, 0.3) is 0 Å². The highest BCUT2D eigenvalue weighted by Gasteiger charge is 2.22. The lowest BCUT2D eigenvalue weighted by atomic mass is 9.98. The van der Waals surface area contributed by atoms with Crippen molar-refractivity contribution < 1.29 is 9.50 Å². The van der Waals surface area contributed by atoms with Gasteiger partial charge in [0.2, 0.25) is 0 Å². The van der Waals surface area contributed by atoms with Gasteiger partial charge in [-0.3, -0.25) is 0 Å². The lowest BCUT2D eigenvalue weighted by molar-refractivity contribution is 0.0367. The smallest absolute Gasteiger partial charge is 0.191 e. The summed E-state index contributed by atoms with van der Waals surface area (Å²) in [6.07, 6.45) is 1.36. The molecule has 0 aliphatic rings. The van der Waals surface area contributed by atoms with E-state index in [0.29, 0.717) is 31.9 Å². The molecule has 22 heavy (non-hydrogen) atoms. The lowest BCUT2D eigenvalue weighted by Gasteiger charge is -2.26. The van der Waals surface area contributed by atoms with Crippen molar-refractivity contribution in [2.45, 2.75) is 45.8 Å². The van der Waals surface area contributed by atoms with Crippen molar-refractivity contribution in [2.75, 3.05) is 13.1 Å². The maximum absolute atomic E-state index is 13.1. The predicted molar refractivity (Wildman–Crippen MR) is 100 cm³/mol. The number of guanidine groups is 1. The third-order valence-electron chi connectivity index (χ3n) is 3.55. The van der Waals surface area contributed by atoms with Gasteiger partial charge in [-0.25, -0.2) is 9.38 Å². The zero-order valence-corrected chi connectivity index (χ0v) is 15.9. The van der Waals surface area contributed by atoms with Crippen LogP contribution >= 0.6 is 24.0 Å². The maximum atomic E-state index is 13.1. The van der Waals surface area contributed by atoms with Crippen molar-refractivity contribution in [1.82, 2.24) is 10.6 Å². The fourth-order valence-electron chi connectivity index (χ4n) is 1.90. The lowest BCUT2D eigenvalue weighted by Crippen LogP contribution is -2.46. The topological polar surface area (TPSA) is 56.7 Å². The molecule has 0 atom stereocenters. The SMILES string of the molecule is CCNC(=NCc1cccc(F)c1)NCC(O)(CC)CC.I. The van der Waals surface area contributed by atoms with Crippen LogP contribution in [0.2, 0.25) is 0 Å². The first-order valence-electron chi connectivity index (χ1n) is 7.52. The van der Waals surface area contributed by atoms with E-state index in [2.05, 4.69) is 15.6 Å². The Kier molecular flexibility index (Phi) is 10.3. The van der Waals surface area contributed by atoms with Crippen molar-refractivity contribution in [3.05, 3.63) is 35.6 Å². The summed E-state index contributed by atoms with van der Waals surface area (Å²) in [6.45, 7) is 7.46. The Morgan fingerprint density at radius 3 is 2.45 bits per heavy atom. The molecule has 0 saturated heterocycles. The summed E-state index contributed by atoms with van der Waals surface area (Å²) in [5, 5.41) is 16.5. The molecular formula is C16H27FIN3O. The largest absolute Gasteiger partial charge is 0.388 e. The number of benzene rings is 1. The van der Waals surface area contributed by atoms with Crippen LogP contribution in [0.3, 0.4) is 0 Å². The van der Waals surface area contributed by atoms with E-state index in [1.54, 1.807) is 6.07 Å². The van der Waals surface area contributed by atoms with Gasteiger partial charge in [0.15, 0.2) is 5.96 Å². The number of nitrogens with one attached hydrogen (secondary N) is 2. The Bertz CT molecular complexity index is 464. The average molecular weight is 423 g/mol. The number of aliphatic hydroxyl groups is 1. The maximum Gasteiger partial charge on any atom is 0.191 e. The fraction of sp³-hybridized carbons (Fsp3) is 0.562. The second kappa shape index (κ2) is 10.8. The Labute approximate surface area is 149 Å². The van der Waals surface area contributed by atoms with Crippen LogP contribution in [0, 0.1) is 5.82 Å². The molecule has 0 heterocycles. The van der Waals surface area contributed by atoms with Crippen LogP contribution in [-0.2, 0) is 6.54 Å². The number of aliphatic imine (C=N–C) groups is 1. The zero-order valence-electron chi connectivity index (χ0n) is 13.5. The summed E-state index contributed by atoms with van der Waals surface area (Å²) < 4.78 is 13.1. The molecule has 0 unspecified atom stereocenters. The van der Waals surface area contributed by atoms with E-state index in [-0.39, 0.29) is 29.8 Å². The summed E-state index contributed by atoms with van der Waals surface area (Å²) in [5.74, 6) is 0.370. The van der Waals surface area contributed by atoms with Crippen LogP contribution in [0.4, 0.5) is 4.39 Å². The predicted octanol–water partition coefficient (Wildman–Crippen LogP) is 3.05. The molecule has 126 valence electrons. The van der Waals surface area contributed by atoms with Crippen molar-refractivity contribution in [3.63, 3.8) is 0 Å². The first-order chi connectivity index (χ1) is 10.0. The molecule has 0 radical (unpaired) electrons. The van der Waals surface area contributed by atoms with Crippen LogP contribution in [0.25, 0.3) is 0 Å². The summed E-state index contributed by atoms with van der Waals surface area (Å²) in [5.41, 5.74) is 0.0862. The van der Waals surface area contributed by atoms with E-state index >= 15 is 0 Å². The molecule has 0 saturated carbocycles. The highest BCUT2D eigenvalue weighted by molar-refractivity contribution is 14.0. The van der Waals surface area contributed by atoms with E-state index in [9.17, 15) is 9.50 Å². The van der Waals surface area contributed by atoms with Crippen LogP contribution in [-0.4, -0.2) is 29.8 Å². The molecule has 0 aliphatic carbocycles. The minimum atomic E-state index is -0.727. The molecule has 1 aromatic carbocycles. The van der Waals surface area contributed by atoms with E-state index in [1.165, 1.54) is 12.1 Å². The summed E-state index contributed by atoms with van der Waals surface area (Å²) in [6, 6.07) is 6.40. The fourth-order valence-corrected chi connectivity index (χ4v) is 1.90. The zero-order chi connectivity index (χ0) is 15.7. The Hall–Kier alpha value is -0.890. The van der Waals surface area contributed by atoms with E-state index < -0.39 is 5.60 Å². The van der Waals surface area contributed by atoms with Gasteiger partial charge < -0.3 is 15.7 Å². The van der Waals surface area contributed by atoms with Gasteiger partial charge in [-0.2, -0.15) is 0 Å². The molecule has 0 spiro atoms. The minimum absolute atomic E-state index is 0. The Morgan fingerprint density at radius 2 is 1.91 bits per heavy atom. The molecule has 0 fully saturated rings. The standard InChI is InChI=1S/C16H26FN3O.HI/c1-4-16(21,5-2)12-20-15(18-6-3)19-11-13-8-7-9-14(17)10-13;/h7-10,21H,4-6,11-12H2,1-3H3,(H2,18,19,20);1H. The Morgan fingerprint density at radius 1 is 1.23 bits per heavy atom. The molecular weight excluding hydrogens is 396 g/mol. The molecule has 4 nitrogen and oxygen atoms in total. The normalized spacial score (nSPS) is 11.8. The van der Waals surface area contributed by atoms with Gasteiger partial charge in [-0.1, -0.05) is 26.0 Å². The van der Waals surface area contributed by atoms with Crippen molar-refractivity contribution >= 4 is 29.9 Å². The van der Waals surface area contributed by atoms with Gasteiger partial charge in [-0.05, 0) is 37.5 Å². The monoisotopic (exact) mass is 423 g/mol. The molecule has 0 aromatic heterocycles. The molecule has 1 aromatic rings. The van der Waals surface area contributed by atoms with Crippen molar-refractivity contribution in [3.8, 4) is 0 Å². The van der Waals surface area contributed by atoms with Crippen LogP contribution in [0.1, 0.15) is 39.2 Å². The quantitative estimate of drug-likeness (QED) is 0.359. The molecule has 0 aliphatic heterocycles. The summed E-state index contributed by atoms with van der Waals surface area (Å²) in [7, 11) is 0. The first kappa shape index (κ1) is 21.1. The van der Waals surface area contributed by atoms with Gasteiger partial charge in [-0.15, -0.1) is 24.0 Å². The summed E-state index contributed by atoms with van der Waals surface area (Å²) in [4.78, 5) is 4.41. The molecule has 6 heteroatoms. The van der Waals surface area contributed by atoms with Gasteiger partial charge >= 0.3 is 0 Å². The second-order valence-corrected chi connectivity index (χ2v) is 5.11. The third-order valence-corrected chi connectivity index (χ3v) is 3.55. The number of rotatable bonds is 7. The van der Waals surface area contributed by atoms with Crippen LogP contribution in [0.5, 0.6) is 0 Å². The van der Waals surface area contributed by atoms with Crippen molar-refractivity contribution in [1.29, 1.82) is 0 Å². The van der Waals surface area contributed by atoms with E-state index in [4.69, 9.17) is 0 Å². The first-order valence-corrected chi connectivity index (χ1v) is 7.52. The molecule has 1 rings (SSSR count). The van der Waals surface area contributed by atoms with Gasteiger partial charge in [0, 0.05) is 13.1 Å². The molecule has 0 bridgehead atoms. The number of hydrogen-bond acceptors (Lipinski definition) is 2. The van der Waals surface area contributed by atoms with Gasteiger partial charge in [0.1, 0.15) is 5.82 Å². The number of nitrogens with zero attached hydrogens (tertiary/aromatic N) is 1. The molecule has 3 N–H and O–H groups in total. The van der Waals surface area contributed by atoms with Crippen LogP contribution < -0.4 is 10.6 Å². The highest BCUT2D eigenvalue weighted by Crippen LogP contribution is 2.12. The molecule has 0 amide bonds. The van der Waals surface area contributed by atoms with E-state index in [0.717, 1.165) is 12.1 Å². The third kappa shape index (κ3) is 7.40. The average Bonchev–Trinajstić information content (AvgIpc) is 2.50. The highest BCUT2D eigenvalue weighted by atomic mass is 127.